The van der Waals surface area contributed by atoms with Crippen LogP contribution in [0.5, 0.6) is 5.75 Å². The molecule has 230 valence electrons. The van der Waals surface area contributed by atoms with Gasteiger partial charge in [0, 0.05) is 17.1 Å². The van der Waals surface area contributed by atoms with E-state index in [9.17, 15) is 14.5 Å². The molecule has 0 saturated carbocycles. The number of Topliss-reactive ketones (excluding diaryl/α,β-unsaturated/α-hetero) is 2. The lowest BCUT2D eigenvalue weighted by molar-refractivity contribution is -0.130. The molecular formula is C36H39FN2O5. The fourth-order valence-electron chi connectivity index (χ4n) is 7.91. The van der Waals surface area contributed by atoms with Gasteiger partial charge in [0.1, 0.15) is 35.7 Å². The molecule has 2 aromatic rings. The van der Waals surface area contributed by atoms with Crippen LogP contribution in [0.3, 0.4) is 0 Å². The van der Waals surface area contributed by atoms with Crippen molar-refractivity contribution in [1.29, 1.82) is 0 Å². The zero-order valence-electron chi connectivity index (χ0n) is 26.2. The molecule has 0 spiro atoms. The fraction of sp³-hybridized carbons (Fsp3) is 0.444. The Hall–Kier alpha value is -3.91. The summed E-state index contributed by atoms with van der Waals surface area (Å²) in [7, 11) is 3.86. The van der Waals surface area contributed by atoms with E-state index in [0.29, 0.717) is 41.1 Å². The summed E-state index contributed by atoms with van der Waals surface area (Å²) in [6.45, 7) is 7.76. The number of hydrogen-bond acceptors (Lipinski definition) is 7. The monoisotopic (exact) mass is 598 g/mol. The van der Waals surface area contributed by atoms with Crippen molar-refractivity contribution in [3.05, 3.63) is 104 Å². The summed E-state index contributed by atoms with van der Waals surface area (Å²) in [5, 5.41) is 3.49. The topological polar surface area (TPSA) is 85.3 Å². The number of nitroso groups, excluding NO2 is 1. The molecule has 0 amide bonds. The number of fused-ring (bicyclic) bond motifs is 3. The number of rotatable bonds is 7. The van der Waals surface area contributed by atoms with E-state index in [1.807, 2.05) is 76.2 Å². The van der Waals surface area contributed by atoms with E-state index < -0.39 is 28.9 Å². The maximum absolute atomic E-state index is 15.8. The number of aryl methyl sites for hydroxylation is 1. The number of carbonyl (C=O) groups excluding carboxylic acids is 2. The summed E-state index contributed by atoms with van der Waals surface area (Å²) in [5.74, 6) is -1.14. The highest BCUT2D eigenvalue weighted by Gasteiger charge is 2.62. The van der Waals surface area contributed by atoms with Crippen molar-refractivity contribution in [2.75, 3.05) is 14.1 Å². The highest BCUT2D eigenvalue weighted by Crippen LogP contribution is 2.59. The average Bonchev–Trinajstić information content (AvgIpc) is 3.00. The van der Waals surface area contributed by atoms with Crippen molar-refractivity contribution in [3.63, 3.8) is 0 Å². The Bertz CT molecular complexity index is 1660. The molecule has 0 aromatic heterocycles. The molecule has 3 aliphatic carbocycles. The summed E-state index contributed by atoms with van der Waals surface area (Å²) >= 11 is 0. The summed E-state index contributed by atoms with van der Waals surface area (Å²) in [4.78, 5) is 44.0. The van der Waals surface area contributed by atoms with Crippen LogP contribution < -0.4 is 4.74 Å². The van der Waals surface area contributed by atoms with E-state index in [1.54, 1.807) is 6.92 Å². The van der Waals surface area contributed by atoms with Gasteiger partial charge >= 0.3 is 0 Å². The predicted molar refractivity (Wildman–Crippen MR) is 166 cm³/mol. The van der Waals surface area contributed by atoms with Crippen molar-refractivity contribution in [3.8, 4) is 5.75 Å². The Kier molecular flexibility index (Phi) is 7.68. The van der Waals surface area contributed by atoms with E-state index in [1.165, 1.54) is 6.07 Å². The molecule has 0 fully saturated rings. The molecule has 5 atom stereocenters. The van der Waals surface area contributed by atoms with Crippen LogP contribution >= 0.6 is 0 Å². The lowest BCUT2D eigenvalue weighted by atomic mass is 9.53. The van der Waals surface area contributed by atoms with Gasteiger partial charge < -0.3 is 9.47 Å². The number of carbonyl (C=O) groups is 2. The van der Waals surface area contributed by atoms with Gasteiger partial charge in [0.25, 0.3) is 0 Å². The molecule has 2 aromatic carbocycles. The largest absolute Gasteiger partial charge is 0.488 e. The molecule has 0 radical (unpaired) electrons. The minimum absolute atomic E-state index is 0.0421. The van der Waals surface area contributed by atoms with E-state index >= 15 is 4.39 Å². The van der Waals surface area contributed by atoms with Gasteiger partial charge in [-0.1, -0.05) is 44.2 Å². The summed E-state index contributed by atoms with van der Waals surface area (Å²) in [5.41, 5.74) is 1.99. The highest BCUT2D eigenvalue weighted by molar-refractivity contribution is 6.16. The molecule has 0 saturated heterocycles. The zero-order chi connectivity index (χ0) is 31.5. The predicted octanol–water partition coefficient (Wildman–Crippen LogP) is 6.89. The number of likely N-dealkylation sites (N-methyl/N-ethyl adjacent to an activating group) is 1. The molecule has 0 N–H and O–H groups in total. The van der Waals surface area contributed by atoms with Gasteiger partial charge in [0.05, 0.1) is 22.6 Å². The van der Waals surface area contributed by atoms with E-state index in [4.69, 9.17) is 9.47 Å². The SMILES string of the molecule is CCc1cc(F)c2c(c1OCc1ccccc1)C(=O)C1=C(N=O)C3(C)C(=O)C4=C(OC(CC)C=C4C)C(N(C)C)C3CC1C2. The molecule has 6 rings (SSSR count). The molecule has 8 heteroatoms. The number of ketones is 2. The second-order valence-corrected chi connectivity index (χ2v) is 12.8. The first-order valence-electron chi connectivity index (χ1n) is 15.5. The lowest BCUT2D eigenvalue weighted by Crippen LogP contribution is -2.58. The van der Waals surface area contributed by atoms with Gasteiger partial charge in [0.2, 0.25) is 0 Å². The first kappa shape index (κ1) is 30.1. The quantitative estimate of drug-likeness (QED) is 0.323. The van der Waals surface area contributed by atoms with Crippen molar-refractivity contribution in [1.82, 2.24) is 4.90 Å². The molecular weight excluding hydrogens is 559 g/mol. The normalized spacial score (nSPS) is 27.7. The molecule has 7 nitrogen and oxygen atoms in total. The van der Waals surface area contributed by atoms with Gasteiger partial charge in [-0.05, 0) is 93.6 Å². The second kappa shape index (κ2) is 11.2. The van der Waals surface area contributed by atoms with Crippen LogP contribution in [0.4, 0.5) is 4.39 Å². The van der Waals surface area contributed by atoms with Crippen LogP contribution in [-0.4, -0.2) is 42.7 Å². The smallest absolute Gasteiger partial charge is 0.195 e. The molecule has 1 heterocycles. The fourth-order valence-corrected chi connectivity index (χ4v) is 7.91. The number of benzene rings is 2. The maximum Gasteiger partial charge on any atom is 0.195 e. The lowest BCUT2D eigenvalue weighted by Gasteiger charge is -2.53. The van der Waals surface area contributed by atoms with Gasteiger partial charge in [-0.15, -0.1) is 4.91 Å². The summed E-state index contributed by atoms with van der Waals surface area (Å²) in [6.07, 6.45) is 3.60. The zero-order valence-corrected chi connectivity index (χ0v) is 26.2. The maximum atomic E-state index is 15.8. The van der Waals surface area contributed by atoms with E-state index in [2.05, 4.69) is 5.18 Å². The molecule has 44 heavy (non-hydrogen) atoms. The van der Waals surface area contributed by atoms with Crippen molar-refractivity contribution < 1.29 is 23.5 Å². The van der Waals surface area contributed by atoms with Crippen LogP contribution in [-0.2, 0) is 29.0 Å². The Morgan fingerprint density at radius 3 is 2.52 bits per heavy atom. The minimum Gasteiger partial charge on any atom is -0.488 e. The number of nitrogens with zero attached hydrogens (tertiary/aromatic N) is 2. The Balaban J connectivity index is 1.52. The standard InChI is InChI=1S/C36H39FN2O5/c1-7-21-17-26(37)24-15-22-16-25-30(39(5)6)33-27(19(3)14-23(8-2)44-33)35(41)36(25,4)34(38-42)28(22)31(40)29(24)32(21)43-18-20-12-10-9-11-13-20/h9-14,17,22-23,25,30H,7-8,15-16,18H2,1-6H3. The van der Waals surface area contributed by atoms with E-state index in [0.717, 1.165) is 17.6 Å². The van der Waals surface area contributed by atoms with Gasteiger partial charge in [-0.2, -0.15) is 0 Å². The Labute approximate surface area is 257 Å². The third-order valence-electron chi connectivity index (χ3n) is 10.1. The van der Waals surface area contributed by atoms with Crippen LogP contribution in [0.1, 0.15) is 67.6 Å². The van der Waals surface area contributed by atoms with Gasteiger partial charge in [-0.25, -0.2) is 4.39 Å². The molecule has 0 bridgehead atoms. The summed E-state index contributed by atoms with van der Waals surface area (Å²) in [6, 6.07) is 10.7. The third kappa shape index (κ3) is 4.40. The second-order valence-electron chi connectivity index (χ2n) is 12.8. The van der Waals surface area contributed by atoms with Crippen LogP contribution in [0, 0.1) is 28.0 Å². The van der Waals surface area contributed by atoms with Gasteiger partial charge in [0.15, 0.2) is 11.6 Å². The number of ether oxygens (including phenoxy) is 2. The number of allylic oxidation sites excluding steroid dienone is 4. The average molecular weight is 599 g/mol. The van der Waals surface area contributed by atoms with Crippen LogP contribution in [0.2, 0.25) is 0 Å². The number of halogens is 1. The van der Waals surface area contributed by atoms with E-state index in [-0.39, 0.29) is 47.8 Å². The number of hydrogen-bond donors (Lipinski definition) is 0. The van der Waals surface area contributed by atoms with Crippen molar-refractivity contribution >= 4 is 11.6 Å². The molecule has 1 aliphatic heterocycles. The first-order valence-corrected chi connectivity index (χ1v) is 15.5. The van der Waals surface area contributed by atoms with Gasteiger partial charge in [-0.3, -0.25) is 14.5 Å². The van der Waals surface area contributed by atoms with Crippen LogP contribution in [0.25, 0.3) is 0 Å². The Morgan fingerprint density at radius 2 is 1.89 bits per heavy atom. The molecule has 4 aliphatic rings. The first-order chi connectivity index (χ1) is 21.1. The van der Waals surface area contributed by atoms with Crippen LogP contribution in [0.15, 0.2) is 75.8 Å². The highest BCUT2D eigenvalue weighted by atomic mass is 19.1. The molecule has 5 unspecified atom stereocenters. The minimum atomic E-state index is -1.36. The third-order valence-corrected chi connectivity index (χ3v) is 10.1. The van der Waals surface area contributed by atoms with Crippen molar-refractivity contribution in [2.24, 2.45) is 22.4 Å². The Morgan fingerprint density at radius 1 is 1.16 bits per heavy atom. The summed E-state index contributed by atoms with van der Waals surface area (Å²) < 4.78 is 28.5. The van der Waals surface area contributed by atoms with Crippen molar-refractivity contribution in [2.45, 2.75) is 72.1 Å².